The van der Waals surface area contributed by atoms with E-state index in [0.717, 1.165) is 17.4 Å². The van der Waals surface area contributed by atoms with Crippen molar-refractivity contribution >= 4 is 22.5 Å². The molecule has 1 heterocycles. The molecule has 0 unspecified atom stereocenters. The van der Waals surface area contributed by atoms with Crippen LogP contribution in [0.2, 0.25) is 5.15 Å². The summed E-state index contributed by atoms with van der Waals surface area (Å²) in [6.45, 7) is 4.97. The normalized spacial score (nSPS) is 11.0. The molecule has 0 radical (unpaired) electrons. The molecule has 13 heavy (non-hydrogen) atoms. The van der Waals surface area contributed by atoms with Gasteiger partial charge in [0.15, 0.2) is 5.15 Å². The van der Waals surface area contributed by atoms with Crippen molar-refractivity contribution in [2.45, 2.75) is 20.4 Å². The molecule has 3 heteroatoms. The second-order valence-electron chi connectivity index (χ2n) is 3.13. The van der Waals surface area contributed by atoms with Crippen LogP contribution in [0.25, 0.3) is 10.9 Å². The van der Waals surface area contributed by atoms with Gasteiger partial charge in [-0.25, -0.2) is 0 Å². The van der Waals surface area contributed by atoms with E-state index in [1.165, 1.54) is 5.56 Å². The van der Waals surface area contributed by atoms with Gasteiger partial charge in [-0.05, 0) is 26.0 Å². The summed E-state index contributed by atoms with van der Waals surface area (Å²) in [7, 11) is 0. The molecule has 0 amide bonds. The van der Waals surface area contributed by atoms with Gasteiger partial charge in [0, 0.05) is 11.9 Å². The molecule has 1 aromatic heterocycles. The fourth-order valence-electron chi connectivity index (χ4n) is 1.49. The summed E-state index contributed by atoms with van der Waals surface area (Å²) in [5, 5.41) is 5.87. The van der Waals surface area contributed by atoms with Crippen molar-refractivity contribution in [1.29, 1.82) is 0 Å². The number of hydrogen-bond donors (Lipinski definition) is 0. The second-order valence-corrected chi connectivity index (χ2v) is 3.49. The lowest BCUT2D eigenvalue weighted by Gasteiger charge is -1.97. The Morgan fingerprint density at radius 3 is 2.92 bits per heavy atom. The quantitative estimate of drug-likeness (QED) is 0.683. The highest BCUT2D eigenvalue weighted by Gasteiger charge is 2.06. The number of aromatic nitrogens is 2. The van der Waals surface area contributed by atoms with E-state index in [2.05, 4.69) is 37.1 Å². The maximum atomic E-state index is 6.00. The van der Waals surface area contributed by atoms with E-state index >= 15 is 0 Å². The van der Waals surface area contributed by atoms with Gasteiger partial charge in [-0.15, -0.1) is 0 Å². The molecule has 0 saturated carbocycles. The third kappa shape index (κ3) is 1.31. The Kier molecular flexibility index (Phi) is 2.00. The number of rotatable bonds is 1. The van der Waals surface area contributed by atoms with Crippen molar-refractivity contribution in [1.82, 2.24) is 9.78 Å². The predicted molar refractivity (Wildman–Crippen MR) is 55.2 cm³/mol. The maximum Gasteiger partial charge on any atom is 0.158 e. The van der Waals surface area contributed by atoms with Crippen LogP contribution in [0, 0.1) is 6.92 Å². The van der Waals surface area contributed by atoms with Gasteiger partial charge < -0.3 is 0 Å². The van der Waals surface area contributed by atoms with Crippen LogP contribution in [-0.2, 0) is 6.54 Å². The average molecular weight is 195 g/mol. The van der Waals surface area contributed by atoms with Crippen LogP contribution in [0.1, 0.15) is 12.5 Å². The average Bonchev–Trinajstić information content (AvgIpc) is 2.43. The first kappa shape index (κ1) is 8.57. The minimum atomic E-state index is 0.598. The molecule has 0 aliphatic heterocycles. The Morgan fingerprint density at radius 2 is 2.23 bits per heavy atom. The molecular formula is C10H11ClN2. The number of aryl methyl sites for hydroxylation is 2. The van der Waals surface area contributed by atoms with Gasteiger partial charge in [-0.1, -0.05) is 23.2 Å². The number of nitrogens with zero attached hydrogens (tertiary/aromatic N) is 2. The minimum Gasteiger partial charge on any atom is -0.264 e. The second kappa shape index (κ2) is 3.04. The van der Waals surface area contributed by atoms with Crippen molar-refractivity contribution in [3.05, 3.63) is 28.9 Å². The first-order valence-corrected chi connectivity index (χ1v) is 4.73. The van der Waals surface area contributed by atoms with Crippen molar-refractivity contribution in [3.8, 4) is 0 Å². The molecule has 1 aromatic carbocycles. The Bertz CT molecular complexity index is 445. The standard InChI is InChI=1S/C10H11ClN2/c1-3-13-9-5-4-7(2)6-8(9)10(11)12-13/h4-6H,3H2,1-2H3. The van der Waals surface area contributed by atoms with E-state index in [4.69, 9.17) is 11.6 Å². The van der Waals surface area contributed by atoms with Crippen LogP contribution in [-0.4, -0.2) is 9.78 Å². The highest BCUT2D eigenvalue weighted by molar-refractivity contribution is 6.34. The lowest BCUT2D eigenvalue weighted by atomic mass is 10.2. The summed E-state index contributed by atoms with van der Waals surface area (Å²) in [5.41, 5.74) is 2.32. The molecule has 2 aromatic rings. The van der Waals surface area contributed by atoms with Gasteiger partial charge in [-0.3, -0.25) is 4.68 Å². The molecule has 0 aliphatic rings. The van der Waals surface area contributed by atoms with Crippen LogP contribution < -0.4 is 0 Å². The lowest BCUT2D eigenvalue weighted by Crippen LogP contribution is -1.94. The SMILES string of the molecule is CCn1nc(Cl)c2cc(C)ccc21. The van der Waals surface area contributed by atoms with E-state index in [0.29, 0.717) is 5.15 Å². The third-order valence-electron chi connectivity index (χ3n) is 2.16. The molecule has 0 spiro atoms. The van der Waals surface area contributed by atoms with Gasteiger partial charge in [0.25, 0.3) is 0 Å². The number of halogens is 1. The van der Waals surface area contributed by atoms with Gasteiger partial charge >= 0.3 is 0 Å². The van der Waals surface area contributed by atoms with Gasteiger partial charge in [0.1, 0.15) is 0 Å². The highest BCUT2D eigenvalue weighted by Crippen LogP contribution is 2.23. The van der Waals surface area contributed by atoms with Crippen molar-refractivity contribution in [2.24, 2.45) is 0 Å². The monoisotopic (exact) mass is 194 g/mol. The van der Waals surface area contributed by atoms with Crippen LogP contribution in [0.4, 0.5) is 0 Å². The number of fused-ring (bicyclic) bond motifs is 1. The van der Waals surface area contributed by atoms with Crippen LogP contribution in [0.5, 0.6) is 0 Å². The topological polar surface area (TPSA) is 17.8 Å². The molecule has 2 nitrogen and oxygen atoms in total. The zero-order valence-corrected chi connectivity index (χ0v) is 8.47. The molecule has 2 rings (SSSR count). The van der Waals surface area contributed by atoms with E-state index < -0.39 is 0 Å². The molecule has 0 fully saturated rings. The fraction of sp³-hybridized carbons (Fsp3) is 0.300. The molecule has 0 N–H and O–H groups in total. The Hall–Kier alpha value is -1.02. The summed E-state index contributed by atoms with van der Waals surface area (Å²) in [5.74, 6) is 0. The smallest absolute Gasteiger partial charge is 0.158 e. The molecule has 0 aliphatic carbocycles. The summed E-state index contributed by atoms with van der Waals surface area (Å²) < 4.78 is 1.91. The van der Waals surface area contributed by atoms with Gasteiger partial charge in [0.2, 0.25) is 0 Å². The van der Waals surface area contributed by atoms with Crippen molar-refractivity contribution in [2.75, 3.05) is 0 Å². The number of benzene rings is 1. The number of hydrogen-bond acceptors (Lipinski definition) is 1. The first-order valence-electron chi connectivity index (χ1n) is 4.35. The van der Waals surface area contributed by atoms with E-state index in [9.17, 15) is 0 Å². The fourth-order valence-corrected chi connectivity index (χ4v) is 1.74. The summed E-state index contributed by atoms with van der Waals surface area (Å²) in [4.78, 5) is 0. The maximum absolute atomic E-state index is 6.00. The molecule has 0 bridgehead atoms. The van der Waals surface area contributed by atoms with Crippen molar-refractivity contribution < 1.29 is 0 Å². The summed E-state index contributed by atoms with van der Waals surface area (Å²) in [6.07, 6.45) is 0. The van der Waals surface area contributed by atoms with E-state index in [1.807, 2.05) is 4.68 Å². The molecule has 0 atom stereocenters. The Morgan fingerprint density at radius 1 is 1.46 bits per heavy atom. The van der Waals surface area contributed by atoms with Crippen LogP contribution in [0.3, 0.4) is 0 Å². The lowest BCUT2D eigenvalue weighted by molar-refractivity contribution is 0.684. The first-order chi connectivity index (χ1) is 6.22. The largest absolute Gasteiger partial charge is 0.264 e. The zero-order valence-electron chi connectivity index (χ0n) is 7.71. The Labute approximate surface area is 82.1 Å². The molecule has 0 saturated heterocycles. The summed E-state index contributed by atoms with van der Waals surface area (Å²) in [6, 6.07) is 6.20. The Balaban J connectivity index is 2.80. The van der Waals surface area contributed by atoms with Gasteiger partial charge in [0.05, 0.1) is 5.52 Å². The van der Waals surface area contributed by atoms with Crippen molar-refractivity contribution in [3.63, 3.8) is 0 Å². The molecule has 68 valence electrons. The summed E-state index contributed by atoms with van der Waals surface area (Å²) >= 11 is 6.00. The van der Waals surface area contributed by atoms with Gasteiger partial charge in [-0.2, -0.15) is 5.10 Å². The third-order valence-corrected chi connectivity index (χ3v) is 2.44. The zero-order chi connectivity index (χ0) is 9.42. The minimum absolute atomic E-state index is 0.598. The van der Waals surface area contributed by atoms with Crippen LogP contribution in [0.15, 0.2) is 18.2 Å². The van der Waals surface area contributed by atoms with E-state index in [-0.39, 0.29) is 0 Å². The van der Waals surface area contributed by atoms with E-state index in [1.54, 1.807) is 0 Å². The highest BCUT2D eigenvalue weighted by atomic mass is 35.5. The predicted octanol–water partition coefficient (Wildman–Crippen LogP) is 3.02. The van der Waals surface area contributed by atoms with Crippen LogP contribution >= 0.6 is 11.6 Å². The molecular weight excluding hydrogens is 184 g/mol.